The molecule has 1 N–H and O–H groups in total. The average molecular weight is 449 g/mol. The van der Waals surface area contributed by atoms with Gasteiger partial charge in [0.2, 0.25) is 5.91 Å². The lowest BCUT2D eigenvalue weighted by atomic mass is 9.84. The van der Waals surface area contributed by atoms with Gasteiger partial charge in [0.05, 0.1) is 11.7 Å². The molecule has 2 aromatic rings. The third kappa shape index (κ3) is 5.03. The number of likely N-dealkylation sites (tertiary alicyclic amines) is 1. The summed E-state index contributed by atoms with van der Waals surface area (Å²) < 4.78 is 2.32. The quantitative estimate of drug-likeness (QED) is 0.618. The number of aromatic nitrogens is 2. The predicted molar refractivity (Wildman–Crippen MR) is 132 cm³/mol. The molecule has 3 aliphatic rings. The maximum atomic E-state index is 12.7. The number of hydrogen-bond acceptors (Lipinski definition) is 3. The van der Waals surface area contributed by atoms with E-state index < -0.39 is 0 Å². The van der Waals surface area contributed by atoms with E-state index in [1.807, 2.05) is 0 Å². The number of amides is 1. The van der Waals surface area contributed by atoms with Gasteiger partial charge in [-0.15, -0.1) is 0 Å². The number of piperidine rings is 1. The van der Waals surface area contributed by atoms with Gasteiger partial charge in [-0.3, -0.25) is 9.48 Å². The smallest absolute Gasteiger partial charge is 0.223 e. The van der Waals surface area contributed by atoms with Gasteiger partial charge in [-0.25, -0.2) is 0 Å². The van der Waals surface area contributed by atoms with E-state index >= 15 is 0 Å². The molecule has 5 heteroatoms. The van der Waals surface area contributed by atoms with Crippen LogP contribution in [0.25, 0.3) is 0 Å². The zero-order valence-corrected chi connectivity index (χ0v) is 20.3. The molecular weight excluding hydrogens is 408 g/mol. The summed E-state index contributed by atoms with van der Waals surface area (Å²) in [5, 5.41) is 8.35. The standard InChI is InChI=1S/C28H40N4O/c1-2-24-27(26-13-6-7-17-32(26)30-24)22-14-18-31(19-15-22)20-16-25(21-9-4-3-5-10-21)29-28(33)23-11-8-12-23/h3-5,9-10,22-23,25H,2,6-8,11-20H2,1H3,(H,29,33)/t25-/m0/s1. The Labute approximate surface area is 198 Å². The summed E-state index contributed by atoms with van der Waals surface area (Å²) >= 11 is 0. The fraction of sp³-hybridized carbons (Fsp3) is 0.643. The van der Waals surface area contributed by atoms with Gasteiger partial charge in [0.25, 0.3) is 0 Å². The van der Waals surface area contributed by atoms with Gasteiger partial charge in [0.15, 0.2) is 0 Å². The van der Waals surface area contributed by atoms with Crippen LogP contribution in [0, 0.1) is 5.92 Å². The van der Waals surface area contributed by atoms with Gasteiger partial charge in [-0.2, -0.15) is 5.10 Å². The summed E-state index contributed by atoms with van der Waals surface area (Å²) in [4.78, 5) is 15.3. The first-order valence-electron chi connectivity index (χ1n) is 13.4. The Morgan fingerprint density at radius 2 is 1.85 bits per heavy atom. The van der Waals surface area contributed by atoms with Crippen LogP contribution >= 0.6 is 0 Å². The van der Waals surface area contributed by atoms with Crippen LogP contribution in [0.3, 0.4) is 0 Å². The summed E-state index contributed by atoms with van der Waals surface area (Å²) in [5.41, 5.74) is 5.73. The average Bonchev–Trinajstić information content (AvgIpc) is 3.20. The molecule has 1 atom stereocenters. The van der Waals surface area contributed by atoms with Crippen molar-refractivity contribution in [2.45, 2.75) is 89.6 Å². The molecule has 0 spiro atoms. The van der Waals surface area contributed by atoms with E-state index in [0.29, 0.717) is 5.92 Å². The molecule has 1 amide bonds. The fourth-order valence-electron chi connectivity index (χ4n) is 6.03. The molecule has 2 aliphatic heterocycles. The Hall–Kier alpha value is -2.14. The minimum absolute atomic E-state index is 0.117. The van der Waals surface area contributed by atoms with Gasteiger partial charge in [0, 0.05) is 24.7 Å². The van der Waals surface area contributed by atoms with Gasteiger partial charge < -0.3 is 10.2 Å². The van der Waals surface area contributed by atoms with Crippen LogP contribution in [0.1, 0.15) is 92.8 Å². The molecule has 1 aromatic heterocycles. The number of nitrogens with zero attached hydrogens (tertiary/aromatic N) is 3. The van der Waals surface area contributed by atoms with E-state index in [-0.39, 0.29) is 17.9 Å². The highest BCUT2D eigenvalue weighted by Crippen LogP contribution is 2.35. The maximum absolute atomic E-state index is 12.7. The van der Waals surface area contributed by atoms with Crippen molar-refractivity contribution < 1.29 is 4.79 Å². The molecule has 1 saturated carbocycles. The second kappa shape index (κ2) is 10.4. The Bertz CT molecular complexity index is 925. The maximum Gasteiger partial charge on any atom is 0.223 e. The Balaban J connectivity index is 1.19. The molecule has 2 fully saturated rings. The molecule has 0 unspecified atom stereocenters. The largest absolute Gasteiger partial charge is 0.349 e. The van der Waals surface area contributed by atoms with E-state index in [1.165, 1.54) is 49.8 Å². The minimum Gasteiger partial charge on any atom is -0.349 e. The number of carbonyl (C=O) groups excluding carboxylic acids is 1. The summed E-state index contributed by atoms with van der Waals surface area (Å²) in [6.45, 7) is 6.71. The first-order chi connectivity index (χ1) is 16.2. The second-order valence-corrected chi connectivity index (χ2v) is 10.3. The van der Waals surface area contributed by atoms with Crippen LogP contribution in [0.4, 0.5) is 0 Å². The first kappa shape index (κ1) is 22.6. The monoisotopic (exact) mass is 448 g/mol. The number of carbonyl (C=O) groups is 1. The summed E-state index contributed by atoms with van der Waals surface area (Å²) in [6, 6.07) is 10.7. The van der Waals surface area contributed by atoms with Crippen LogP contribution < -0.4 is 5.32 Å². The number of rotatable bonds is 8. The van der Waals surface area contributed by atoms with Crippen LogP contribution in [-0.2, 0) is 24.2 Å². The number of nitrogens with one attached hydrogen (secondary N) is 1. The van der Waals surface area contributed by atoms with E-state index in [4.69, 9.17) is 5.10 Å². The highest BCUT2D eigenvalue weighted by atomic mass is 16.2. The second-order valence-electron chi connectivity index (χ2n) is 10.3. The van der Waals surface area contributed by atoms with E-state index in [1.54, 1.807) is 11.3 Å². The van der Waals surface area contributed by atoms with Gasteiger partial charge in [-0.1, -0.05) is 43.7 Å². The molecule has 5 nitrogen and oxygen atoms in total. The third-order valence-electron chi connectivity index (χ3n) is 8.27. The summed E-state index contributed by atoms with van der Waals surface area (Å²) in [5.74, 6) is 1.16. The molecule has 178 valence electrons. The van der Waals surface area contributed by atoms with Gasteiger partial charge >= 0.3 is 0 Å². The van der Waals surface area contributed by atoms with Crippen molar-refractivity contribution in [3.63, 3.8) is 0 Å². The fourth-order valence-corrected chi connectivity index (χ4v) is 6.03. The lowest BCUT2D eigenvalue weighted by Crippen LogP contribution is -2.39. The normalized spacial score (nSPS) is 20.8. The molecule has 3 heterocycles. The zero-order valence-electron chi connectivity index (χ0n) is 20.3. The SMILES string of the molecule is CCc1nn2c(c1C1CCN(CC[C@H](NC(=O)C3CCC3)c3ccccc3)CC1)CCCC2. The van der Waals surface area contributed by atoms with Crippen molar-refractivity contribution in [1.29, 1.82) is 0 Å². The molecule has 1 aliphatic carbocycles. The third-order valence-corrected chi connectivity index (χ3v) is 8.27. The van der Waals surface area contributed by atoms with Crippen molar-refractivity contribution in [2.24, 2.45) is 5.92 Å². The molecule has 1 saturated heterocycles. The lowest BCUT2D eigenvalue weighted by Gasteiger charge is -2.34. The predicted octanol–water partition coefficient (Wildman–Crippen LogP) is 5.01. The van der Waals surface area contributed by atoms with Crippen LogP contribution in [-0.4, -0.2) is 40.2 Å². The summed E-state index contributed by atoms with van der Waals surface area (Å²) in [7, 11) is 0. The molecule has 0 radical (unpaired) electrons. The molecule has 5 rings (SSSR count). The molecule has 0 bridgehead atoms. The molecule has 33 heavy (non-hydrogen) atoms. The number of aryl methyl sites for hydroxylation is 2. The van der Waals surface area contributed by atoms with E-state index in [9.17, 15) is 4.79 Å². The highest BCUT2D eigenvalue weighted by molar-refractivity contribution is 5.79. The number of hydrogen-bond donors (Lipinski definition) is 1. The van der Waals surface area contributed by atoms with Crippen molar-refractivity contribution in [3.8, 4) is 0 Å². The molecular formula is C28H40N4O. The van der Waals surface area contributed by atoms with E-state index in [0.717, 1.165) is 51.9 Å². The van der Waals surface area contributed by atoms with E-state index in [2.05, 4.69) is 52.2 Å². The van der Waals surface area contributed by atoms with Crippen molar-refractivity contribution in [1.82, 2.24) is 20.0 Å². The van der Waals surface area contributed by atoms with Crippen LogP contribution in [0.2, 0.25) is 0 Å². The van der Waals surface area contributed by atoms with Crippen molar-refractivity contribution in [2.75, 3.05) is 19.6 Å². The number of benzene rings is 1. The van der Waals surface area contributed by atoms with Crippen molar-refractivity contribution in [3.05, 3.63) is 52.8 Å². The highest BCUT2D eigenvalue weighted by Gasteiger charge is 2.30. The van der Waals surface area contributed by atoms with Gasteiger partial charge in [0.1, 0.15) is 0 Å². The van der Waals surface area contributed by atoms with Gasteiger partial charge in [-0.05, 0) is 87.9 Å². The topological polar surface area (TPSA) is 50.2 Å². The Morgan fingerprint density at radius 3 is 2.55 bits per heavy atom. The number of fused-ring (bicyclic) bond motifs is 1. The van der Waals surface area contributed by atoms with Crippen molar-refractivity contribution >= 4 is 5.91 Å². The lowest BCUT2D eigenvalue weighted by molar-refractivity contribution is -0.128. The van der Waals surface area contributed by atoms with Crippen LogP contribution in [0.5, 0.6) is 0 Å². The van der Waals surface area contributed by atoms with Crippen LogP contribution in [0.15, 0.2) is 30.3 Å². The Kier molecular flexibility index (Phi) is 7.15. The minimum atomic E-state index is 0.117. The Morgan fingerprint density at radius 1 is 1.06 bits per heavy atom. The first-order valence-corrected chi connectivity index (χ1v) is 13.4. The summed E-state index contributed by atoms with van der Waals surface area (Å²) in [6.07, 6.45) is 11.6. The molecule has 1 aromatic carbocycles. The zero-order chi connectivity index (χ0) is 22.6.